The zero-order valence-corrected chi connectivity index (χ0v) is 18.9. The van der Waals surface area contributed by atoms with Crippen molar-refractivity contribution in [3.8, 4) is 11.5 Å². The second kappa shape index (κ2) is 8.80. The van der Waals surface area contributed by atoms with E-state index < -0.39 is 0 Å². The maximum absolute atomic E-state index is 13.0. The van der Waals surface area contributed by atoms with Crippen molar-refractivity contribution in [1.29, 1.82) is 0 Å². The lowest BCUT2D eigenvalue weighted by Crippen LogP contribution is -2.23. The highest BCUT2D eigenvalue weighted by atomic mass is 35.5. The van der Waals surface area contributed by atoms with Crippen LogP contribution in [-0.2, 0) is 12.3 Å². The Morgan fingerprint density at radius 3 is 2.84 bits per heavy atom. The van der Waals surface area contributed by atoms with Gasteiger partial charge in [0.25, 0.3) is 5.56 Å². The van der Waals surface area contributed by atoms with E-state index in [1.54, 1.807) is 10.8 Å². The summed E-state index contributed by atoms with van der Waals surface area (Å²) in [5.41, 5.74) is 2.37. The number of fused-ring (bicyclic) bond motifs is 3. The summed E-state index contributed by atoms with van der Waals surface area (Å²) in [5, 5.41) is 10.7. The highest BCUT2D eigenvalue weighted by Crippen LogP contribution is 2.27. The number of aryl methyl sites for hydroxylation is 1. The lowest BCUT2D eigenvalue weighted by molar-refractivity contribution is 0.573. The maximum atomic E-state index is 13.0. The van der Waals surface area contributed by atoms with E-state index in [-0.39, 0.29) is 5.56 Å². The predicted octanol–water partition coefficient (Wildman–Crippen LogP) is 5.45. The summed E-state index contributed by atoms with van der Waals surface area (Å²) in [6.07, 6.45) is 3.53. The van der Waals surface area contributed by atoms with E-state index in [4.69, 9.17) is 16.0 Å². The van der Waals surface area contributed by atoms with Crippen LogP contribution in [0.5, 0.6) is 0 Å². The highest BCUT2D eigenvalue weighted by Gasteiger charge is 2.17. The Balaban J connectivity index is 1.49. The molecular formula is C23H20ClN5O2S. The van der Waals surface area contributed by atoms with Gasteiger partial charge in [-0.3, -0.25) is 13.8 Å². The van der Waals surface area contributed by atoms with Gasteiger partial charge >= 0.3 is 0 Å². The Labute approximate surface area is 193 Å². The summed E-state index contributed by atoms with van der Waals surface area (Å²) in [6.45, 7) is 2.71. The van der Waals surface area contributed by atoms with E-state index in [0.717, 1.165) is 29.6 Å². The molecule has 0 bridgehead atoms. The topological polar surface area (TPSA) is 78.2 Å². The minimum absolute atomic E-state index is 0.0341. The zero-order chi connectivity index (χ0) is 22.1. The van der Waals surface area contributed by atoms with E-state index >= 15 is 0 Å². The Hall–Kier alpha value is -3.10. The first-order valence-corrected chi connectivity index (χ1v) is 11.7. The van der Waals surface area contributed by atoms with Gasteiger partial charge < -0.3 is 4.42 Å². The largest absolute Gasteiger partial charge is 0.444 e. The van der Waals surface area contributed by atoms with Crippen LogP contribution in [0.1, 0.15) is 25.5 Å². The van der Waals surface area contributed by atoms with Crippen LogP contribution in [0.3, 0.4) is 0 Å². The molecule has 0 aliphatic heterocycles. The van der Waals surface area contributed by atoms with Gasteiger partial charge in [-0.15, -0.1) is 10.2 Å². The first kappa shape index (κ1) is 20.8. The number of unbranched alkanes of at least 4 members (excludes halogenated alkanes) is 1. The van der Waals surface area contributed by atoms with E-state index in [1.165, 1.54) is 11.8 Å². The number of thioether (sulfide) groups is 1. The molecule has 32 heavy (non-hydrogen) atoms. The third kappa shape index (κ3) is 3.80. The molecule has 0 aliphatic carbocycles. The molecular weight excluding hydrogens is 446 g/mol. The first-order valence-electron chi connectivity index (χ1n) is 10.4. The summed E-state index contributed by atoms with van der Waals surface area (Å²) in [7, 11) is 0. The van der Waals surface area contributed by atoms with Gasteiger partial charge in [-0.2, -0.15) is 0 Å². The molecule has 0 saturated carbocycles. The van der Waals surface area contributed by atoms with Crippen LogP contribution in [-0.4, -0.2) is 24.1 Å². The second-order valence-electron chi connectivity index (χ2n) is 7.39. The van der Waals surface area contributed by atoms with E-state index in [0.29, 0.717) is 39.5 Å². The van der Waals surface area contributed by atoms with Crippen molar-refractivity contribution in [3.05, 3.63) is 75.9 Å². The number of hydrogen-bond acceptors (Lipinski definition) is 6. The predicted molar refractivity (Wildman–Crippen MR) is 126 cm³/mol. The molecule has 0 saturated heterocycles. The molecule has 0 aliphatic rings. The molecule has 0 radical (unpaired) electrons. The number of rotatable bonds is 7. The zero-order valence-electron chi connectivity index (χ0n) is 17.4. The summed E-state index contributed by atoms with van der Waals surface area (Å²) in [6, 6.07) is 15.0. The Kier molecular flexibility index (Phi) is 5.71. The van der Waals surface area contributed by atoms with Crippen LogP contribution >= 0.6 is 23.4 Å². The molecule has 0 N–H and O–H groups in total. The third-order valence-corrected chi connectivity index (χ3v) is 6.38. The quantitative estimate of drug-likeness (QED) is 0.297. The molecule has 162 valence electrons. The highest BCUT2D eigenvalue weighted by molar-refractivity contribution is 7.98. The molecule has 9 heteroatoms. The molecule has 0 atom stereocenters. The average molecular weight is 466 g/mol. The van der Waals surface area contributed by atoms with Gasteiger partial charge in [0, 0.05) is 22.9 Å². The average Bonchev–Trinajstić information content (AvgIpc) is 3.45. The minimum Gasteiger partial charge on any atom is -0.444 e. The Morgan fingerprint density at radius 2 is 2.00 bits per heavy atom. The standard InChI is InChI=1S/C23H20ClN5O2S/c1-2-3-11-28-21(30)18-9-4-5-10-19(18)29-22(28)26-27-23(29)32-14-17-13-31-20(25-17)15-7-6-8-16(24)12-15/h4-10,12-13H,2-3,11,14H2,1H3. The van der Waals surface area contributed by atoms with Gasteiger partial charge in [0.05, 0.1) is 16.6 Å². The number of hydrogen-bond donors (Lipinski definition) is 0. The lowest BCUT2D eigenvalue weighted by Gasteiger charge is -2.10. The summed E-state index contributed by atoms with van der Waals surface area (Å²) in [4.78, 5) is 17.6. The van der Waals surface area contributed by atoms with Crippen LogP contribution in [0.15, 0.2) is 69.2 Å². The molecule has 3 heterocycles. The Bertz CT molecular complexity index is 1470. The van der Waals surface area contributed by atoms with Gasteiger partial charge in [-0.05, 0) is 36.8 Å². The number of para-hydroxylation sites is 1. The van der Waals surface area contributed by atoms with Crippen LogP contribution in [0.2, 0.25) is 5.02 Å². The molecule has 5 rings (SSSR count). The van der Waals surface area contributed by atoms with Gasteiger partial charge in [0.1, 0.15) is 6.26 Å². The molecule has 3 aromatic heterocycles. The number of aromatic nitrogens is 5. The van der Waals surface area contributed by atoms with Crippen molar-refractivity contribution in [1.82, 2.24) is 24.1 Å². The fraction of sp³-hybridized carbons (Fsp3) is 0.217. The van der Waals surface area contributed by atoms with Crippen LogP contribution < -0.4 is 5.56 Å². The monoisotopic (exact) mass is 465 g/mol. The first-order chi connectivity index (χ1) is 15.7. The smallest absolute Gasteiger partial charge is 0.262 e. The second-order valence-corrected chi connectivity index (χ2v) is 8.77. The summed E-state index contributed by atoms with van der Waals surface area (Å²) >= 11 is 7.57. The van der Waals surface area contributed by atoms with Crippen molar-refractivity contribution in [3.63, 3.8) is 0 Å². The van der Waals surface area contributed by atoms with Crippen molar-refractivity contribution in [2.24, 2.45) is 0 Å². The fourth-order valence-corrected chi connectivity index (χ4v) is 4.62. The summed E-state index contributed by atoms with van der Waals surface area (Å²) < 4.78 is 9.31. The molecule has 2 aromatic carbocycles. The van der Waals surface area contributed by atoms with Gasteiger partial charge in [-0.1, -0.05) is 54.9 Å². The minimum atomic E-state index is -0.0341. The fourth-order valence-electron chi connectivity index (χ4n) is 3.61. The normalized spacial score (nSPS) is 11.6. The number of benzene rings is 2. The van der Waals surface area contributed by atoms with Crippen molar-refractivity contribution in [2.75, 3.05) is 0 Å². The van der Waals surface area contributed by atoms with Crippen molar-refractivity contribution in [2.45, 2.75) is 37.2 Å². The van der Waals surface area contributed by atoms with E-state index in [1.807, 2.05) is 52.9 Å². The molecule has 5 aromatic rings. The number of halogens is 1. The molecule has 7 nitrogen and oxygen atoms in total. The van der Waals surface area contributed by atoms with Crippen molar-refractivity contribution >= 4 is 40.0 Å². The molecule has 0 unspecified atom stereocenters. The molecule has 0 spiro atoms. The third-order valence-electron chi connectivity index (χ3n) is 5.19. The van der Waals surface area contributed by atoms with E-state index in [9.17, 15) is 4.79 Å². The van der Waals surface area contributed by atoms with Crippen LogP contribution in [0.4, 0.5) is 0 Å². The van der Waals surface area contributed by atoms with Gasteiger partial charge in [-0.25, -0.2) is 4.98 Å². The molecule has 0 fully saturated rings. The number of oxazole rings is 1. The number of nitrogens with zero attached hydrogens (tertiary/aromatic N) is 5. The molecule has 0 amide bonds. The SMILES string of the molecule is CCCCn1c(=O)c2ccccc2n2c(SCc3coc(-c4cccc(Cl)c4)n3)nnc12. The maximum Gasteiger partial charge on any atom is 0.262 e. The van der Waals surface area contributed by atoms with Gasteiger partial charge in [0.15, 0.2) is 5.16 Å². The van der Waals surface area contributed by atoms with Gasteiger partial charge in [0.2, 0.25) is 11.7 Å². The van der Waals surface area contributed by atoms with Crippen LogP contribution in [0.25, 0.3) is 28.1 Å². The lowest BCUT2D eigenvalue weighted by atomic mass is 10.2. The van der Waals surface area contributed by atoms with Crippen LogP contribution in [0, 0.1) is 0 Å². The van der Waals surface area contributed by atoms with E-state index in [2.05, 4.69) is 22.1 Å². The van der Waals surface area contributed by atoms with Crippen molar-refractivity contribution < 1.29 is 4.42 Å². The summed E-state index contributed by atoms with van der Waals surface area (Å²) in [5.74, 6) is 1.63. The Morgan fingerprint density at radius 1 is 1.12 bits per heavy atom.